The summed E-state index contributed by atoms with van der Waals surface area (Å²) in [5.74, 6) is -0.0807. The number of aromatic nitrogens is 4. The number of rotatable bonds is 5. The Kier molecular flexibility index (Phi) is 5.66. The first kappa shape index (κ1) is 19.6. The molecule has 1 N–H and O–H groups in total. The number of nitrogens with one attached hydrogen (secondary N) is 1. The average molecular weight is 415 g/mol. The van der Waals surface area contributed by atoms with E-state index in [4.69, 9.17) is 0 Å². The molecule has 0 atom stereocenters. The topological polar surface area (TPSA) is 83.4 Å². The fraction of sp³-hybridized carbons (Fsp3) is 0.400. The Morgan fingerprint density at radius 1 is 1.28 bits per heavy atom. The van der Waals surface area contributed by atoms with Crippen LogP contribution in [0.25, 0.3) is 17.0 Å². The lowest BCUT2D eigenvalue weighted by Gasteiger charge is -2.31. The van der Waals surface area contributed by atoms with Crippen LogP contribution in [0.1, 0.15) is 32.1 Å². The van der Waals surface area contributed by atoms with Gasteiger partial charge in [0.1, 0.15) is 5.82 Å². The summed E-state index contributed by atoms with van der Waals surface area (Å²) < 4.78 is 15.6. The molecule has 1 aromatic carbocycles. The lowest BCUT2D eigenvalue weighted by atomic mass is 9.94. The molecule has 29 heavy (non-hydrogen) atoms. The van der Waals surface area contributed by atoms with E-state index in [9.17, 15) is 14.0 Å². The standard InChI is InChI=1S/C20H22FN5O2S/c1-25(13-7-3-2-4-8-13)18(28)12-29-20-23-19(14-9-5-6-10-15(14)21)22-16-11-17(27)24-26(16)20/h5-6,9-11,13H,2-4,7-8,12H2,1H3,(H,24,27). The normalized spacial score (nSPS) is 15.0. The van der Waals surface area contributed by atoms with E-state index in [-0.39, 0.29) is 34.6 Å². The van der Waals surface area contributed by atoms with Gasteiger partial charge in [-0.1, -0.05) is 43.2 Å². The lowest BCUT2D eigenvalue weighted by molar-refractivity contribution is -0.129. The maximum absolute atomic E-state index is 14.2. The molecule has 0 spiro atoms. The van der Waals surface area contributed by atoms with Crippen LogP contribution in [0.4, 0.5) is 4.39 Å². The van der Waals surface area contributed by atoms with Crippen LogP contribution in [-0.2, 0) is 4.79 Å². The zero-order valence-corrected chi connectivity index (χ0v) is 16.9. The molecule has 0 saturated heterocycles. The first-order valence-corrected chi connectivity index (χ1v) is 10.6. The Morgan fingerprint density at radius 3 is 2.79 bits per heavy atom. The molecular formula is C20H22FN5O2S. The van der Waals surface area contributed by atoms with E-state index in [1.165, 1.54) is 34.8 Å². The Hall–Kier alpha value is -2.68. The highest BCUT2D eigenvalue weighted by Gasteiger charge is 2.23. The number of halogens is 1. The summed E-state index contributed by atoms with van der Waals surface area (Å²) in [6.45, 7) is 0. The van der Waals surface area contributed by atoms with Gasteiger partial charge >= 0.3 is 0 Å². The van der Waals surface area contributed by atoms with Gasteiger partial charge in [0.15, 0.2) is 16.6 Å². The molecule has 0 radical (unpaired) electrons. The van der Waals surface area contributed by atoms with Gasteiger partial charge in [-0.2, -0.15) is 0 Å². The number of H-pyrrole nitrogens is 1. The molecule has 1 amide bonds. The highest BCUT2D eigenvalue weighted by molar-refractivity contribution is 7.99. The third-order valence-corrected chi connectivity index (χ3v) is 6.20. The van der Waals surface area contributed by atoms with Crippen molar-refractivity contribution in [2.75, 3.05) is 12.8 Å². The van der Waals surface area contributed by atoms with E-state index in [0.717, 1.165) is 25.7 Å². The summed E-state index contributed by atoms with van der Waals surface area (Å²) in [6.07, 6.45) is 5.60. The first-order valence-electron chi connectivity index (χ1n) is 9.66. The summed E-state index contributed by atoms with van der Waals surface area (Å²) >= 11 is 1.21. The number of amides is 1. The molecule has 9 heteroatoms. The van der Waals surface area contributed by atoms with Gasteiger partial charge in [-0.3, -0.25) is 14.7 Å². The highest BCUT2D eigenvalue weighted by Crippen LogP contribution is 2.25. The first-order chi connectivity index (χ1) is 14.0. The van der Waals surface area contributed by atoms with Gasteiger partial charge in [-0.05, 0) is 25.0 Å². The number of aromatic amines is 1. The number of carbonyl (C=O) groups is 1. The van der Waals surface area contributed by atoms with Gasteiger partial charge in [0.2, 0.25) is 5.91 Å². The van der Waals surface area contributed by atoms with Gasteiger partial charge in [0, 0.05) is 19.2 Å². The second-order valence-corrected chi connectivity index (χ2v) is 8.15. The molecule has 2 aromatic heterocycles. The van der Waals surface area contributed by atoms with Crippen LogP contribution >= 0.6 is 11.8 Å². The minimum absolute atomic E-state index is 0.00982. The van der Waals surface area contributed by atoms with Crippen molar-refractivity contribution in [1.82, 2.24) is 24.5 Å². The van der Waals surface area contributed by atoms with Crippen molar-refractivity contribution in [3.8, 4) is 11.4 Å². The van der Waals surface area contributed by atoms with Gasteiger partial charge in [0.05, 0.1) is 11.3 Å². The molecular weight excluding hydrogens is 393 g/mol. The molecule has 1 aliphatic carbocycles. The molecule has 152 valence electrons. The molecule has 2 heterocycles. The van der Waals surface area contributed by atoms with Crippen LogP contribution in [-0.4, -0.2) is 49.2 Å². The maximum atomic E-state index is 14.2. The Bertz CT molecular complexity index is 1090. The van der Waals surface area contributed by atoms with Gasteiger partial charge in [-0.15, -0.1) is 0 Å². The summed E-state index contributed by atoms with van der Waals surface area (Å²) in [6, 6.07) is 7.82. The molecule has 0 unspecified atom stereocenters. The van der Waals surface area contributed by atoms with Crippen LogP contribution in [0.15, 0.2) is 40.3 Å². The zero-order valence-electron chi connectivity index (χ0n) is 16.1. The smallest absolute Gasteiger partial charge is 0.266 e. The van der Waals surface area contributed by atoms with Crippen molar-refractivity contribution in [2.24, 2.45) is 0 Å². The minimum atomic E-state index is -0.446. The Morgan fingerprint density at radius 2 is 2.03 bits per heavy atom. The van der Waals surface area contributed by atoms with E-state index >= 15 is 0 Å². The van der Waals surface area contributed by atoms with Crippen molar-refractivity contribution in [3.63, 3.8) is 0 Å². The predicted octanol–water partition coefficient (Wildman–Crippen LogP) is 3.11. The van der Waals surface area contributed by atoms with E-state index < -0.39 is 5.82 Å². The monoisotopic (exact) mass is 415 g/mol. The number of hydrogen-bond donors (Lipinski definition) is 1. The Labute approximate surface area is 171 Å². The average Bonchev–Trinajstić information content (AvgIpc) is 3.12. The molecule has 7 nitrogen and oxygen atoms in total. The third kappa shape index (κ3) is 4.19. The molecule has 1 saturated carbocycles. The molecule has 3 aromatic rings. The second kappa shape index (κ2) is 8.36. The molecule has 4 rings (SSSR count). The van der Waals surface area contributed by atoms with Crippen molar-refractivity contribution >= 4 is 23.3 Å². The molecule has 1 aliphatic rings. The van der Waals surface area contributed by atoms with E-state index in [2.05, 4.69) is 15.1 Å². The van der Waals surface area contributed by atoms with Crippen LogP contribution in [0.3, 0.4) is 0 Å². The quantitative estimate of drug-likeness (QED) is 0.648. The number of nitrogens with zero attached hydrogens (tertiary/aromatic N) is 4. The third-order valence-electron chi connectivity index (χ3n) is 5.28. The Balaban J connectivity index is 1.60. The summed E-state index contributed by atoms with van der Waals surface area (Å²) in [7, 11) is 1.84. The van der Waals surface area contributed by atoms with E-state index in [0.29, 0.717) is 10.8 Å². The molecule has 0 bridgehead atoms. The zero-order chi connectivity index (χ0) is 20.4. The number of fused-ring (bicyclic) bond motifs is 1. The number of carbonyl (C=O) groups excluding carboxylic acids is 1. The van der Waals surface area contributed by atoms with Gasteiger partial charge in [-0.25, -0.2) is 18.9 Å². The van der Waals surface area contributed by atoms with Crippen LogP contribution in [0.2, 0.25) is 0 Å². The maximum Gasteiger partial charge on any atom is 0.266 e. The van der Waals surface area contributed by atoms with Crippen molar-refractivity contribution in [2.45, 2.75) is 43.3 Å². The van der Waals surface area contributed by atoms with Crippen LogP contribution in [0.5, 0.6) is 0 Å². The largest absolute Gasteiger partial charge is 0.342 e. The molecule has 0 aliphatic heterocycles. The fourth-order valence-corrected chi connectivity index (χ4v) is 4.52. The predicted molar refractivity (Wildman–Crippen MR) is 109 cm³/mol. The lowest BCUT2D eigenvalue weighted by Crippen LogP contribution is -2.39. The number of thioether (sulfide) groups is 1. The second-order valence-electron chi connectivity index (χ2n) is 7.21. The highest BCUT2D eigenvalue weighted by atomic mass is 32.2. The van der Waals surface area contributed by atoms with E-state index in [1.807, 2.05) is 11.9 Å². The summed E-state index contributed by atoms with van der Waals surface area (Å²) in [4.78, 5) is 35.0. The summed E-state index contributed by atoms with van der Waals surface area (Å²) in [5.41, 5.74) is 0.243. The number of hydrogen-bond acceptors (Lipinski definition) is 5. The number of benzene rings is 1. The van der Waals surface area contributed by atoms with Gasteiger partial charge < -0.3 is 4.90 Å². The van der Waals surface area contributed by atoms with Crippen LogP contribution in [0, 0.1) is 5.82 Å². The van der Waals surface area contributed by atoms with Crippen molar-refractivity contribution in [3.05, 3.63) is 46.5 Å². The van der Waals surface area contributed by atoms with E-state index in [1.54, 1.807) is 18.2 Å². The van der Waals surface area contributed by atoms with Crippen LogP contribution < -0.4 is 5.56 Å². The SMILES string of the molecule is CN(C(=O)CSc1nc(-c2ccccc2F)nc2cc(=O)[nH]n12)C1CCCCC1. The summed E-state index contributed by atoms with van der Waals surface area (Å²) in [5, 5.41) is 3.02. The molecule has 1 fully saturated rings. The minimum Gasteiger partial charge on any atom is -0.342 e. The fourth-order valence-electron chi connectivity index (χ4n) is 3.64. The van der Waals surface area contributed by atoms with Gasteiger partial charge in [0.25, 0.3) is 5.56 Å². The van der Waals surface area contributed by atoms with Crippen molar-refractivity contribution < 1.29 is 9.18 Å². The van der Waals surface area contributed by atoms with Crippen molar-refractivity contribution in [1.29, 1.82) is 0 Å².